The van der Waals surface area contributed by atoms with Crippen LogP contribution in [0.15, 0.2) is 0 Å². The van der Waals surface area contributed by atoms with Gasteiger partial charge in [-0.2, -0.15) is 52.7 Å². The zero-order chi connectivity index (χ0) is 18.6. The minimum absolute atomic E-state index is 5.68. The van der Waals surface area contributed by atoms with Crippen LogP contribution in [0.5, 0.6) is 0 Å². The first-order valence-corrected chi connectivity index (χ1v) is 4.52. The van der Waals surface area contributed by atoms with Crippen molar-refractivity contribution in [2.24, 2.45) is 0 Å². The van der Waals surface area contributed by atoms with Gasteiger partial charge in [-0.1, -0.05) is 0 Å². The molecule has 0 aromatic heterocycles. The van der Waals surface area contributed by atoms with E-state index in [-0.39, 0.29) is 0 Å². The maximum atomic E-state index is 12.9. The van der Waals surface area contributed by atoms with Crippen LogP contribution in [0.25, 0.3) is 0 Å². The predicted octanol–water partition coefficient (Wildman–Crippen LogP) is 3.04. The van der Waals surface area contributed by atoms with Gasteiger partial charge in [0.25, 0.3) is 0 Å². The summed E-state index contributed by atoms with van der Waals surface area (Å²) in [6.07, 6.45) is -20.1. The van der Waals surface area contributed by atoms with Gasteiger partial charge >= 0.3 is 36.0 Å². The fourth-order valence-electron chi connectivity index (χ4n) is 0.965. The van der Waals surface area contributed by atoms with Gasteiger partial charge in [0.2, 0.25) is 0 Å². The van der Waals surface area contributed by atoms with Gasteiger partial charge in [-0.15, -0.1) is 0 Å². The molecular formula is C7H3F13O2. The summed E-state index contributed by atoms with van der Waals surface area (Å²) in [6, 6.07) is 0. The van der Waals surface area contributed by atoms with E-state index < -0.39 is 42.1 Å². The summed E-state index contributed by atoms with van der Waals surface area (Å²) in [4.78, 5) is 0. The van der Waals surface area contributed by atoms with Crippen molar-refractivity contribution in [3.8, 4) is 0 Å². The second-order valence-electron chi connectivity index (χ2n) is 3.84. The molecule has 22 heavy (non-hydrogen) atoms. The Morgan fingerprint density at radius 2 is 0.864 bits per heavy atom. The highest BCUT2D eigenvalue weighted by Gasteiger charge is 2.85. The molecule has 0 aromatic carbocycles. The molecule has 2 nitrogen and oxygen atoms in total. The summed E-state index contributed by atoms with van der Waals surface area (Å²) in [6.45, 7) is 0. The third-order valence-electron chi connectivity index (χ3n) is 2.27. The molecule has 0 aromatic rings. The van der Waals surface area contributed by atoms with E-state index in [1.807, 2.05) is 0 Å². The first-order chi connectivity index (χ1) is 9.15. The molecule has 134 valence electrons. The minimum atomic E-state index is -7.58. The lowest BCUT2D eigenvalue weighted by atomic mass is 9.93. The van der Waals surface area contributed by atoms with Gasteiger partial charge in [0, 0.05) is 0 Å². The molecule has 0 aliphatic rings. The maximum Gasteiger partial charge on any atom is 0.460 e. The van der Waals surface area contributed by atoms with Crippen molar-refractivity contribution in [3.05, 3.63) is 0 Å². The summed E-state index contributed by atoms with van der Waals surface area (Å²) >= 11 is 0. The molecule has 0 spiro atoms. The van der Waals surface area contributed by atoms with Gasteiger partial charge in [-0.05, 0) is 0 Å². The molecule has 0 amide bonds. The highest BCUT2D eigenvalue weighted by Crippen LogP contribution is 2.55. The SMILES string of the molecule is OC(C(O)(F)C(F)(F)C(F)(F)C(F)(F)F)C(F)(F)C(F)(F)F. The number of alkyl halides is 13. The summed E-state index contributed by atoms with van der Waals surface area (Å²) in [5.41, 5.74) is 0. The third kappa shape index (κ3) is 2.79. The highest BCUT2D eigenvalue weighted by atomic mass is 19.4. The van der Waals surface area contributed by atoms with Crippen molar-refractivity contribution in [2.75, 3.05) is 0 Å². The molecule has 0 saturated carbocycles. The van der Waals surface area contributed by atoms with Crippen molar-refractivity contribution in [1.29, 1.82) is 0 Å². The normalized spacial score (nSPS) is 19.8. The molecule has 0 rings (SSSR count). The van der Waals surface area contributed by atoms with Crippen LogP contribution in [-0.2, 0) is 0 Å². The molecule has 0 aliphatic carbocycles. The van der Waals surface area contributed by atoms with Crippen LogP contribution in [0.1, 0.15) is 0 Å². The van der Waals surface area contributed by atoms with E-state index in [0.717, 1.165) is 0 Å². The Balaban J connectivity index is 6.03. The fraction of sp³-hybridized carbons (Fsp3) is 1.00. The smallest absolute Gasteiger partial charge is 0.381 e. The Labute approximate surface area is 111 Å². The number of rotatable bonds is 4. The third-order valence-corrected chi connectivity index (χ3v) is 2.27. The van der Waals surface area contributed by atoms with E-state index in [2.05, 4.69) is 0 Å². The Morgan fingerprint density at radius 3 is 1.09 bits per heavy atom. The number of hydrogen-bond donors (Lipinski definition) is 2. The first kappa shape index (κ1) is 21.0. The molecule has 0 saturated heterocycles. The second-order valence-corrected chi connectivity index (χ2v) is 3.84. The lowest BCUT2D eigenvalue weighted by Gasteiger charge is -2.39. The largest absolute Gasteiger partial charge is 0.460 e. The van der Waals surface area contributed by atoms with E-state index in [1.54, 1.807) is 0 Å². The molecule has 0 aliphatic heterocycles. The van der Waals surface area contributed by atoms with Crippen molar-refractivity contribution < 1.29 is 67.3 Å². The van der Waals surface area contributed by atoms with Crippen LogP contribution >= 0.6 is 0 Å². The van der Waals surface area contributed by atoms with Crippen molar-refractivity contribution >= 4 is 0 Å². The van der Waals surface area contributed by atoms with Crippen molar-refractivity contribution in [3.63, 3.8) is 0 Å². The van der Waals surface area contributed by atoms with Gasteiger partial charge in [0.1, 0.15) is 0 Å². The maximum absolute atomic E-state index is 12.9. The molecular weight excluding hydrogens is 363 g/mol. The Kier molecular flexibility index (Phi) is 4.78. The number of aliphatic hydroxyl groups excluding tert-OH is 1. The molecule has 2 N–H and O–H groups in total. The van der Waals surface area contributed by atoms with Crippen molar-refractivity contribution in [1.82, 2.24) is 0 Å². The monoisotopic (exact) mass is 366 g/mol. The lowest BCUT2D eigenvalue weighted by Crippen LogP contribution is -2.70. The van der Waals surface area contributed by atoms with Crippen LogP contribution in [0.4, 0.5) is 57.1 Å². The summed E-state index contributed by atoms with van der Waals surface area (Å²) in [5, 5.41) is 16.2. The van der Waals surface area contributed by atoms with Crippen LogP contribution in [0, 0.1) is 0 Å². The Hall–Kier alpha value is -0.990. The average molecular weight is 366 g/mol. The number of aliphatic hydroxyl groups is 2. The standard InChI is InChI=1S/C7H3F13O2/c8-2(9,6(15,16)17)1(21)3(10,22)4(11,12)5(13,14)7(18,19)20/h1,21-22H. The van der Waals surface area contributed by atoms with Crippen LogP contribution in [0.2, 0.25) is 0 Å². The molecule has 0 heterocycles. The van der Waals surface area contributed by atoms with E-state index >= 15 is 0 Å². The molecule has 0 bridgehead atoms. The van der Waals surface area contributed by atoms with Crippen molar-refractivity contribution in [2.45, 2.75) is 42.1 Å². The number of halogens is 13. The van der Waals surface area contributed by atoms with E-state index in [9.17, 15) is 57.1 Å². The molecule has 0 radical (unpaired) electrons. The first-order valence-electron chi connectivity index (χ1n) is 4.52. The summed E-state index contributed by atoms with van der Waals surface area (Å²) in [5.74, 6) is -29.1. The van der Waals surface area contributed by atoms with E-state index in [0.29, 0.717) is 0 Å². The van der Waals surface area contributed by atoms with Gasteiger partial charge in [0.15, 0.2) is 6.10 Å². The van der Waals surface area contributed by atoms with E-state index in [4.69, 9.17) is 10.2 Å². The molecule has 2 unspecified atom stereocenters. The second kappa shape index (κ2) is 5.01. The van der Waals surface area contributed by atoms with Crippen LogP contribution in [-0.4, -0.2) is 52.3 Å². The van der Waals surface area contributed by atoms with Gasteiger partial charge < -0.3 is 10.2 Å². The molecule has 2 atom stereocenters. The average Bonchev–Trinajstić information content (AvgIpc) is 2.24. The van der Waals surface area contributed by atoms with Gasteiger partial charge in [-0.3, -0.25) is 0 Å². The molecule has 0 fully saturated rings. The van der Waals surface area contributed by atoms with Gasteiger partial charge in [0.05, 0.1) is 0 Å². The minimum Gasteiger partial charge on any atom is -0.381 e. The molecule has 15 heteroatoms. The topological polar surface area (TPSA) is 40.5 Å². The quantitative estimate of drug-likeness (QED) is 0.752. The van der Waals surface area contributed by atoms with Crippen LogP contribution in [0.3, 0.4) is 0 Å². The zero-order valence-electron chi connectivity index (χ0n) is 9.39. The van der Waals surface area contributed by atoms with E-state index in [1.165, 1.54) is 0 Å². The Morgan fingerprint density at radius 1 is 0.545 bits per heavy atom. The van der Waals surface area contributed by atoms with Gasteiger partial charge in [-0.25, -0.2) is 4.39 Å². The fourth-order valence-corrected chi connectivity index (χ4v) is 0.965. The zero-order valence-corrected chi connectivity index (χ0v) is 9.39. The summed E-state index contributed by atoms with van der Waals surface area (Å²) in [7, 11) is 0. The predicted molar refractivity (Wildman–Crippen MR) is 39.0 cm³/mol. The summed E-state index contributed by atoms with van der Waals surface area (Å²) < 4.78 is 158. The Bertz CT molecular complexity index is 406. The number of hydrogen-bond acceptors (Lipinski definition) is 2. The van der Waals surface area contributed by atoms with Crippen LogP contribution < -0.4 is 0 Å². The lowest BCUT2D eigenvalue weighted by molar-refractivity contribution is -0.441. The highest BCUT2D eigenvalue weighted by molar-refractivity contribution is 5.07.